The molecular weight excluding hydrogens is 959 g/mol. The first-order valence-electron chi connectivity index (χ1n) is 25.5. The van der Waals surface area contributed by atoms with Gasteiger partial charge in [0.05, 0.1) is 270 Å². The largest absolute Gasteiger partial charge is 0.481 e. The first kappa shape index (κ1) is 68.0. The van der Waals surface area contributed by atoms with Crippen molar-refractivity contribution in [3.8, 4) is 0 Å². The van der Waals surface area contributed by atoms with Crippen molar-refractivity contribution in [2.45, 2.75) is 25.7 Å². The summed E-state index contributed by atoms with van der Waals surface area (Å²) in [5.41, 5.74) is 5.82. The highest BCUT2D eigenvalue weighted by atomic mass is 16.6. The highest BCUT2D eigenvalue weighted by Crippen LogP contribution is 2.38. The zero-order valence-corrected chi connectivity index (χ0v) is 43.2. The van der Waals surface area contributed by atoms with Gasteiger partial charge in [-0.15, -0.1) is 0 Å². The van der Waals surface area contributed by atoms with E-state index < -0.39 is 11.4 Å². The summed E-state index contributed by atoms with van der Waals surface area (Å²) < 4.78 is 110. The van der Waals surface area contributed by atoms with Gasteiger partial charge in [0.15, 0.2) is 0 Å². The maximum absolute atomic E-state index is 11.5. The van der Waals surface area contributed by atoms with Gasteiger partial charge in [0.25, 0.3) is 0 Å². The Bertz CT molecular complexity index is 1150. The summed E-state index contributed by atoms with van der Waals surface area (Å²) in [6, 6.07) is 0. The molecule has 0 amide bonds. The van der Waals surface area contributed by atoms with Gasteiger partial charge in [-0.05, 0) is 12.8 Å². The molecule has 0 aliphatic heterocycles. The molecule has 72 heavy (non-hydrogen) atoms. The topological polar surface area (TPSA) is 272 Å². The molecule has 2 N–H and O–H groups in total. The SMILES string of the molecule is N=[N+]=NCCOCCOCCOCCOCCOCCOCCOCCOCCOCCOCCOCCOCCOCCOCCOCCOCCOCCOCCOCCOCC1(C(=O)O)CCCC1. The fourth-order valence-corrected chi connectivity index (χ4v) is 6.07. The first-order valence-corrected chi connectivity index (χ1v) is 25.5. The van der Waals surface area contributed by atoms with Crippen LogP contribution < -0.4 is 4.91 Å². The van der Waals surface area contributed by atoms with Gasteiger partial charge in [0.1, 0.15) is 17.2 Å². The number of carboxylic acids is 1. The van der Waals surface area contributed by atoms with E-state index in [4.69, 9.17) is 100 Å². The summed E-state index contributed by atoms with van der Waals surface area (Å²) in [7, 11) is 0. The lowest BCUT2D eigenvalue weighted by Gasteiger charge is -2.23. The number of carboxylic acid groups (broad SMARTS) is 1. The normalized spacial score (nSPS) is 13.3. The fraction of sp³-hybridized carbons (Fsp3) is 0.979. The minimum absolute atomic E-state index is 0.248. The minimum Gasteiger partial charge on any atom is -0.481 e. The van der Waals surface area contributed by atoms with Crippen LogP contribution in [0.5, 0.6) is 0 Å². The Morgan fingerprint density at radius 1 is 0.319 bits per heavy atom. The van der Waals surface area contributed by atoms with Crippen LogP contribution in [0.4, 0.5) is 0 Å². The Balaban J connectivity index is 1.60. The van der Waals surface area contributed by atoms with Crippen LogP contribution in [0.15, 0.2) is 5.11 Å². The molecule has 0 heterocycles. The number of hydrogen-bond acceptors (Lipinski definition) is 23. The van der Waals surface area contributed by atoms with E-state index in [0.29, 0.717) is 277 Å². The molecule has 0 aromatic carbocycles. The molecule has 0 radical (unpaired) electrons. The summed E-state index contributed by atoms with van der Waals surface area (Å²) in [5, 5.41) is 13.0. The quantitative estimate of drug-likeness (QED) is 0.0496. The number of nitrogens with zero attached hydrogens (tertiary/aromatic N) is 2. The van der Waals surface area contributed by atoms with Crippen molar-refractivity contribution < 1.29 is 105 Å². The summed E-state index contributed by atoms with van der Waals surface area (Å²) in [4.78, 5) is 14.4. The van der Waals surface area contributed by atoms with Gasteiger partial charge in [-0.2, -0.15) is 0 Å². The van der Waals surface area contributed by atoms with E-state index in [9.17, 15) is 9.90 Å². The summed E-state index contributed by atoms with van der Waals surface area (Å²) in [6.07, 6.45) is 3.26. The van der Waals surface area contributed by atoms with E-state index in [-0.39, 0.29) is 6.61 Å². The van der Waals surface area contributed by atoms with Gasteiger partial charge in [-0.3, -0.25) is 4.79 Å². The van der Waals surface area contributed by atoms with Gasteiger partial charge in [-0.1, -0.05) is 12.8 Å². The molecule has 25 nitrogen and oxygen atoms in total. The van der Waals surface area contributed by atoms with Crippen LogP contribution >= 0.6 is 0 Å². The number of rotatable bonds is 63. The molecule has 0 atom stereocenters. The zero-order chi connectivity index (χ0) is 51.5. The van der Waals surface area contributed by atoms with Crippen molar-refractivity contribution in [1.82, 2.24) is 4.91 Å². The number of ether oxygens (including phenoxy) is 20. The molecule has 0 unspecified atom stereocenters. The number of aliphatic carboxylic acids is 1. The molecule has 426 valence electrons. The van der Waals surface area contributed by atoms with Gasteiger partial charge in [0.2, 0.25) is 4.91 Å². The van der Waals surface area contributed by atoms with Crippen LogP contribution in [0.2, 0.25) is 0 Å². The van der Waals surface area contributed by atoms with Crippen LogP contribution in [0.25, 0.3) is 0 Å². The van der Waals surface area contributed by atoms with Crippen molar-refractivity contribution in [3.63, 3.8) is 0 Å². The molecule has 0 spiro atoms. The molecule has 1 aliphatic rings. The Morgan fingerprint density at radius 3 is 0.653 bits per heavy atom. The van der Waals surface area contributed by atoms with Gasteiger partial charge >= 0.3 is 5.97 Å². The van der Waals surface area contributed by atoms with Crippen LogP contribution in [0.3, 0.4) is 0 Å². The van der Waals surface area contributed by atoms with Crippen molar-refractivity contribution in [3.05, 3.63) is 0 Å². The molecule has 0 aromatic rings. The van der Waals surface area contributed by atoms with Crippen molar-refractivity contribution >= 4 is 5.97 Å². The monoisotopic (exact) mass is 1050 g/mol. The van der Waals surface area contributed by atoms with E-state index in [1.54, 1.807) is 0 Å². The lowest BCUT2D eigenvalue weighted by Crippen LogP contribution is -2.33. The van der Waals surface area contributed by atoms with E-state index in [2.05, 4.69) is 10.0 Å². The summed E-state index contributed by atoms with van der Waals surface area (Å²) >= 11 is 0. The molecule has 1 aliphatic carbocycles. The van der Waals surface area contributed by atoms with E-state index in [1.807, 2.05) is 0 Å². The lowest BCUT2D eigenvalue weighted by atomic mass is 9.87. The molecule has 1 fully saturated rings. The Kier molecular flexibility index (Phi) is 55.0. The van der Waals surface area contributed by atoms with Crippen molar-refractivity contribution in [2.24, 2.45) is 10.5 Å². The molecule has 25 heteroatoms. The Hall–Kier alpha value is -2.02. The third-order valence-electron chi connectivity index (χ3n) is 9.87. The van der Waals surface area contributed by atoms with Crippen LogP contribution in [0.1, 0.15) is 25.7 Å². The molecule has 1 rings (SSSR count). The summed E-state index contributed by atoms with van der Waals surface area (Å²) in [5.74, 6) is -0.759. The predicted octanol–water partition coefficient (Wildman–Crippen LogP) is 1.51. The Labute approximate surface area is 427 Å². The minimum atomic E-state index is -0.759. The van der Waals surface area contributed by atoms with Crippen LogP contribution in [-0.4, -0.2) is 282 Å². The average molecular weight is 1050 g/mol. The zero-order valence-electron chi connectivity index (χ0n) is 43.2. The maximum Gasteiger partial charge on any atom is 0.311 e. The third-order valence-corrected chi connectivity index (χ3v) is 9.87. The standard InChI is InChI=1S/C47H91N3O22/c48-50-49-5-6-53-7-8-54-9-10-55-11-12-56-13-14-57-15-16-58-17-18-59-19-20-60-21-22-61-23-24-62-25-26-63-27-28-64-29-30-65-31-32-66-33-34-67-35-36-68-37-38-69-39-40-70-41-42-71-43-44-72-45-47(46(51)52)3-1-2-4-47/h48H,1-45H2/p+1. The van der Waals surface area contributed by atoms with Crippen molar-refractivity contribution in [2.75, 3.05) is 271 Å². The predicted molar refractivity (Wildman–Crippen MR) is 257 cm³/mol. The van der Waals surface area contributed by atoms with Crippen LogP contribution in [-0.2, 0) is 99.5 Å². The van der Waals surface area contributed by atoms with E-state index in [0.717, 1.165) is 12.8 Å². The second-order valence-electron chi connectivity index (χ2n) is 15.4. The molecule has 1 saturated carbocycles. The lowest BCUT2D eigenvalue weighted by molar-refractivity contribution is -0.153. The molecular formula is C47H92N3O22+. The number of nitrogens with one attached hydrogen (secondary N) is 1. The van der Waals surface area contributed by atoms with E-state index >= 15 is 0 Å². The highest BCUT2D eigenvalue weighted by Gasteiger charge is 2.41. The van der Waals surface area contributed by atoms with E-state index in [1.165, 1.54) is 0 Å². The van der Waals surface area contributed by atoms with Crippen molar-refractivity contribution in [1.29, 1.82) is 5.53 Å². The molecule has 0 saturated heterocycles. The molecule has 0 aromatic heterocycles. The van der Waals surface area contributed by atoms with Crippen LogP contribution in [0, 0.1) is 10.9 Å². The van der Waals surface area contributed by atoms with Gasteiger partial charge in [0, 0.05) is 0 Å². The molecule has 0 bridgehead atoms. The van der Waals surface area contributed by atoms with Gasteiger partial charge < -0.3 is 99.8 Å². The number of carbonyl (C=O) groups is 1. The maximum atomic E-state index is 11.5. The first-order chi connectivity index (χ1) is 35.7. The van der Waals surface area contributed by atoms with Gasteiger partial charge in [-0.25, -0.2) is 0 Å². The smallest absolute Gasteiger partial charge is 0.311 e. The average Bonchev–Trinajstić information content (AvgIpc) is 3.88. The Morgan fingerprint density at radius 2 is 0.486 bits per heavy atom. The number of hydrogen-bond donors (Lipinski definition) is 2. The highest BCUT2D eigenvalue weighted by molar-refractivity contribution is 5.75. The fourth-order valence-electron chi connectivity index (χ4n) is 6.07. The second-order valence-corrected chi connectivity index (χ2v) is 15.4. The third kappa shape index (κ3) is 50.2. The second kappa shape index (κ2) is 58.2. The summed E-state index contributed by atoms with van der Waals surface area (Å²) in [6.45, 7) is 19.1.